The van der Waals surface area contributed by atoms with Gasteiger partial charge in [-0.15, -0.1) is 51.0 Å². The number of aromatic nitrogens is 6. The van der Waals surface area contributed by atoms with E-state index in [2.05, 4.69) is 9.97 Å². The molecule has 0 N–H and O–H groups in total. The molecule has 6 heterocycles. The molecule has 0 spiro atoms. The Labute approximate surface area is 375 Å². The van der Waals surface area contributed by atoms with Crippen LogP contribution in [0, 0.1) is 0 Å². The minimum absolute atomic E-state index is 0.0439. The predicted molar refractivity (Wildman–Crippen MR) is 229 cm³/mol. The van der Waals surface area contributed by atoms with E-state index in [-0.39, 0.29) is 58.8 Å². The van der Waals surface area contributed by atoms with Gasteiger partial charge in [-0.25, -0.2) is 0 Å². The molecule has 18 nitrogen and oxygen atoms in total. The van der Waals surface area contributed by atoms with Crippen LogP contribution in [-0.4, -0.2) is 119 Å². The summed E-state index contributed by atoms with van der Waals surface area (Å²) in [5.41, 5.74) is -5.53. The van der Waals surface area contributed by atoms with Gasteiger partial charge in [-0.05, 0) is 132 Å². The Morgan fingerprint density at radius 3 is 0.661 bits per heavy atom. The van der Waals surface area contributed by atoms with Crippen LogP contribution >= 0.6 is 21.6 Å². The average molecular weight is 905 g/mol. The van der Waals surface area contributed by atoms with Gasteiger partial charge in [0.25, 0.3) is 0 Å². The van der Waals surface area contributed by atoms with Crippen molar-refractivity contribution >= 4 is 21.6 Å². The maximum Gasteiger partial charge on any atom is 0.323 e. The van der Waals surface area contributed by atoms with Crippen molar-refractivity contribution in [2.75, 3.05) is 0 Å². The van der Waals surface area contributed by atoms with Crippen molar-refractivity contribution < 1.29 is 39.8 Å². The molecule has 2 aromatic rings. The van der Waals surface area contributed by atoms with E-state index in [4.69, 9.17) is 38.9 Å². The first-order chi connectivity index (χ1) is 28.2. The Bertz CT molecular complexity index is 1600. The minimum Gasteiger partial charge on any atom is -0.460 e. The molecule has 4 aliphatic rings. The minimum atomic E-state index is -0.692. The number of ether oxygens (including phenoxy) is 4. The summed E-state index contributed by atoms with van der Waals surface area (Å²) in [6.45, 7) is 30.4. The third-order valence-electron chi connectivity index (χ3n) is 12.6. The quantitative estimate of drug-likeness (QED) is 0.197. The molecule has 0 saturated carbocycles. The smallest absolute Gasteiger partial charge is 0.323 e. The second kappa shape index (κ2) is 16.8. The molecule has 4 radical (unpaired) electrons. The molecular weight excluding hydrogens is 837 g/mol. The topological polar surface area (TPSA) is 207 Å². The van der Waals surface area contributed by atoms with Crippen molar-refractivity contribution in [2.24, 2.45) is 0 Å². The standard InChI is InChI=1S/C42H68N10O8S2/c1-35(2)17-25(18-36(3,4)49(35)53)57-29-43-30(58-26-19-37(5,6)50(54)38(7,8)20-26)46-33(45-29)61-62-34-47-31(59-27-21-39(9,10)51(55)40(11,12)22-27)44-32(48-34)60-28-23-41(13,14)52(56)42(15,16)24-28/h25-28H,17-24H2,1-16H3. The Hall–Kier alpha value is -2.40. The van der Waals surface area contributed by atoms with Gasteiger partial charge >= 0.3 is 24.0 Å². The van der Waals surface area contributed by atoms with Gasteiger partial charge < -0.3 is 18.9 Å². The first-order valence-corrected chi connectivity index (χ1v) is 23.8. The number of hydrogen-bond acceptors (Lipinski definition) is 16. The Morgan fingerprint density at radius 1 is 0.339 bits per heavy atom. The number of rotatable bonds is 11. The van der Waals surface area contributed by atoms with Crippen molar-refractivity contribution in [3.8, 4) is 24.0 Å². The molecule has 20 heteroatoms. The van der Waals surface area contributed by atoms with Crippen LogP contribution in [0.25, 0.3) is 0 Å². The third kappa shape index (κ3) is 10.8. The SMILES string of the molecule is CC1(C)CC(Oc2nc(OC3CC(C)(C)N([O])C(C)(C)C3)nc(SSc3nc(OC4CC(C)(C)N([O])C(C)(C)C4)nc(OC4CC(C)(C)N([O])C(C)(C)C4)n3)n2)CC(C)(C)N1[O]. The van der Waals surface area contributed by atoms with Gasteiger partial charge in [0, 0.05) is 95.7 Å². The van der Waals surface area contributed by atoms with Gasteiger partial charge in [0.1, 0.15) is 24.4 Å². The number of nitrogens with zero attached hydrogens (tertiary/aromatic N) is 10. The van der Waals surface area contributed by atoms with Crippen molar-refractivity contribution in [3.05, 3.63) is 0 Å². The van der Waals surface area contributed by atoms with Crippen molar-refractivity contribution in [1.29, 1.82) is 0 Å². The van der Waals surface area contributed by atoms with Crippen LogP contribution in [0.15, 0.2) is 10.3 Å². The van der Waals surface area contributed by atoms with Gasteiger partial charge in [0.2, 0.25) is 10.3 Å². The van der Waals surface area contributed by atoms with Gasteiger partial charge in [0.05, 0.1) is 0 Å². The summed E-state index contributed by atoms with van der Waals surface area (Å²) >= 11 is 0. The molecule has 2 aromatic heterocycles. The molecule has 62 heavy (non-hydrogen) atoms. The van der Waals surface area contributed by atoms with Gasteiger partial charge in [0.15, 0.2) is 0 Å². The van der Waals surface area contributed by atoms with Crippen molar-refractivity contribution in [2.45, 2.75) is 241 Å². The van der Waals surface area contributed by atoms with E-state index < -0.39 is 44.3 Å². The fourth-order valence-electron chi connectivity index (χ4n) is 10.6. The van der Waals surface area contributed by atoms with Crippen LogP contribution in [0.1, 0.15) is 162 Å². The first-order valence-electron chi connectivity index (χ1n) is 21.6. The lowest BCUT2D eigenvalue weighted by Crippen LogP contribution is -2.60. The summed E-state index contributed by atoms with van der Waals surface area (Å²) in [6, 6.07) is 0.176. The van der Waals surface area contributed by atoms with E-state index in [0.717, 1.165) is 41.8 Å². The number of piperidine rings is 4. The predicted octanol–water partition coefficient (Wildman–Crippen LogP) is 7.84. The molecule has 0 bridgehead atoms. The average Bonchev–Trinajstić information content (AvgIpc) is 3.09. The third-order valence-corrected chi connectivity index (χ3v) is 14.5. The van der Waals surface area contributed by atoms with Crippen LogP contribution in [0.3, 0.4) is 0 Å². The first kappa shape index (κ1) is 49.0. The molecular formula is C42H68N10O8S2. The fourth-order valence-corrected chi connectivity index (χ4v) is 12.1. The summed E-state index contributed by atoms with van der Waals surface area (Å²) in [5.74, 6) is 0. The molecule has 0 atom stereocenters. The highest BCUT2D eigenvalue weighted by atomic mass is 33.1. The molecule has 346 valence electrons. The van der Waals surface area contributed by atoms with E-state index >= 15 is 0 Å². The number of hydrogen-bond donors (Lipinski definition) is 0. The molecule has 4 aliphatic heterocycles. The maximum absolute atomic E-state index is 13.2. The summed E-state index contributed by atoms with van der Waals surface area (Å²) in [6.07, 6.45) is 2.10. The van der Waals surface area contributed by atoms with E-state index in [1.54, 1.807) is 0 Å². The zero-order valence-electron chi connectivity index (χ0n) is 39.5. The normalized spacial score (nSPS) is 26.8. The van der Waals surface area contributed by atoms with Crippen molar-refractivity contribution in [1.82, 2.24) is 50.2 Å². The molecule has 0 aromatic carbocycles. The zero-order valence-corrected chi connectivity index (χ0v) is 41.2. The van der Waals surface area contributed by atoms with Crippen LogP contribution in [-0.2, 0) is 20.8 Å². The highest BCUT2D eigenvalue weighted by Gasteiger charge is 2.51. The summed E-state index contributed by atoms with van der Waals surface area (Å²) in [4.78, 5) is 28.0. The molecule has 0 unspecified atom stereocenters. The highest BCUT2D eigenvalue weighted by molar-refractivity contribution is 8.76. The lowest BCUT2D eigenvalue weighted by molar-refractivity contribution is -0.297. The van der Waals surface area contributed by atoms with E-state index in [1.165, 1.54) is 0 Å². The zero-order chi connectivity index (χ0) is 46.2. The van der Waals surface area contributed by atoms with E-state index in [9.17, 15) is 20.8 Å². The van der Waals surface area contributed by atoms with Gasteiger partial charge in [-0.2, -0.15) is 19.9 Å². The van der Waals surface area contributed by atoms with E-state index in [1.807, 2.05) is 111 Å². The van der Waals surface area contributed by atoms with Crippen LogP contribution in [0.4, 0.5) is 0 Å². The Balaban J connectivity index is 1.31. The Kier molecular flexibility index (Phi) is 13.3. The van der Waals surface area contributed by atoms with Crippen molar-refractivity contribution in [3.63, 3.8) is 0 Å². The maximum atomic E-state index is 13.2. The fraction of sp³-hybridized carbons (Fsp3) is 0.857. The molecule has 4 saturated heterocycles. The Morgan fingerprint density at radius 2 is 0.500 bits per heavy atom. The van der Waals surface area contributed by atoms with Gasteiger partial charge in [-0.1, -0.05) is 0 Å². The number of hydroxylamine groups is 8. The largest absolute Gasteiger partial charge is 0.460 e. The molecule has 0 aliphatic carbocycles. The lowest BCUT2D eigenvalue weighted by Gasteiger charge is -2.49. The van der Waals surface area contributed by atoms with Gasteiger partial charge in [-0.3, -0.25) is 0 Å². The van der Waals surface area contributed by atoms with Crippen LogP contribution in [0.5, 0.6) is 24.0 Å². The molecule has 0 amide bonds. The second-order valence-electron chi connectivity index (χ2n) is 22.8. The second-order valence-corrected chi connectivity index (χ2v) is 24.9. The van der Waals surface area contributed by atoms with Crippen LogP contribution in [0.2, 0.25) is 0 Å². The summed E-state index contributed by atoms with van der Waals surface area (Å²) in [7, 11) is 2.31. The van der Waals surface area contributed by atoms with Crippen LogP contribution < -0.4 is 18.9 Å². The monoisotopic (exact) mass is 904 g/mol. The highest BCUT2D eigenvalue weighted by Crippen LogP contribution is 2.44. The molecule has 6 rings (SSSR count). The van der Waals surface area contributed by atoms with E-state index in [0.29, 0.717) is 51.4 Å². The lowest BCUT2D eigenvalue weighted by atomic mass is 9.80. The molecule has 4 fully saturated rings. The summed E-state index contributed by atoms with van der Waals surface area (Å²) in [5, 5.41) is 57.7. The summed E-state index contributed by atoms with van der Waals surface area (Å²) < 4.78 is 25.9.